The molecule has 0 saturated heterocycles. The smallest absolute Gasteiger partial charge is 0.327 e. The molecule has 0 radical (unpaired) electrons. The molecular weight excluding hydrogens is 238 g/mol. The number of halogens is 1. The van der Waals surface area contributed by atoms with Crippen molar-refractivity contribution in [1.82, 2.24) is 5.32 Å². The van der Waals surface area contributed by atoms with E-state index < -0.39 is 0 Å². The Morgan fingerprint density at radius 3 is 2.65 bits per heavy atom. The topological polar surface area (TPSA) is 38.3 Å². The van der Waals surface area contributed by atoms with Crippen LogP contribution in [0.3, 0.4) is 0 Å². The van der Waals surface area contributed by atoms with E-state index in [4.69, 9.17) is 16.3 Å². The van der Waals surface area contributed by atoms with Crippen LogP contribution < -0.4 is 5.32 Å². The second-order valence-electron chi connectivity index (χ2n) is 4.18. The highest BCUT2D eigenvalue weighted by Gasteiger charge is 2.30. The van der Waals surface area contributed by atoms with Gasteiger partial charge in [0.05, 0.1) is 6.61 Å². The van der Waals surface area contributed by atoms with Crippen LogP contribution in [0.1, 0.15) is 31.4 Å². The van der Waals surface area contributed by atoms with Crippen molar-refractivity contribution in [2.24, 2.45) is 0 Å². The van der Waals surface area contributed by atoms with E-state index in [2.05, 4.69) is 5.32 Å². The second kappa shape index (κ2) is 5.52. The van der Waals surface area contributed by atoms with Crippen LogP contribution in [0.25, 0.3) is 0 Å². The highest BCUT2D eigenvalue weighted by molar-refractivity contribution is 6.30. The molecule has 2 rings (SSSR count). The minimum absolute atomic E-state index is 0.221. The minimum atomic E-state index is -0.375. The Bertz CT molecular complexity index is 387. The van der Waals surface area contributed by atoms with Gasteiger partial charge in [-0.15, -0.1) is 0 Å². The van der Waals surface area contributed by atoms with Gasteiger partial charge in [0.15, 0.2) is 0 Å². The summed E-state index contributed by atoms with van der Waals surface area (Å²) in [7, 11) is 0. The van der Waals surface area contributed by atoms with E-state index in [9.17, 15) is 4.79 Å². The van der Waals surface area contributed by atoms with E-state index in [0.29, 0.717) is 17.7 Å². The van der Waals surface area contributed by atoms with Crippen molar-refractivity contribution in [2.75, 3.05) is 6.61 Å². The first kappa shape index (κ1) is 12.4. The fraction of sp³-hybridized carbons (Fsp3) is 0.462. The van der Waals surface area contributed by atoms with Crippen LogP contribution >= 0.6 is 11.6 Å². The van der Waals surface area contributed by atoms with Gasteiger partial charge in [-0.25, -0.2) is 4.79 Å². The molecule has 4 heteroatoms. The second-order valence-corrected chi connectivity index (χ2v) is 4.61. The van der Waals surface area contributed by atoms with Crippen molar-refractivity contribution >= 4 is 17.6 Å². The molecule has 1 aliphatic carbocycles. The lowest BCUT2D eigenvalue weighted by Gasteiger charge is -2.17. The molecule has 0 aliphatic heterocycles. The van der Waals surface area contributed by atoms with Crippen molar-refractivity contribution in [3.05, 3.63) is 34.9 Å². The quantitative estimate of drug-likeness (QED) is 0.820. The van der Waals surface area contributed by atoms with Gasteiger partial charge in [0, 0.05) is 11.1 Å². The normalized spacial score (nSPS) is 16.6. The van der Waals surface area contributed by atoms with E-state index in [-0.39, 0.29) is 12.0 Å². The van der Waals surface area contributed by atoms with Crippen LogP contribution in [0.5, 0.6) is 0 Å². The molecule has 17 heavy (non-hydrogen) atoms. The molecule has 0 bridgehead atoms. The maximum absolute atomic E-state index is 11.9. The number of carbonyl (C=O) groups excluding carboxylic acids is 1. The Labute approximate surface area is 106 Å². The zero-order valence-corrected chi connectivity index (χ0v) is 10.5. The third-order valence-electron chi connectivity index (χ3n) is 2.71. The summed E-state index contributed by atoms with van der Waals surface area (Å²) in [5, 5.41) is 3.96. The van der Waals surface area contributed by atoms with Gasteiger partial charge >= 0.3 is 5.97 Å². The molecule has 0 aromatic heterocycles. The fourth-order valence-electron chi connectivity index (χ4n) is 1.67. The molecule has 0 spiro atoms. The molecular formula is C13H16ClNO2. The van der Waals surface area contributed by atoms with Crippen LogP contribution in [-0.4, -0.2) is 18.6 Å². The Morgan fingerprint density at radius 1 is 1.47 bits per heavy atom. The molecule has 0 amide bonds. The number of ether oxygens (including phenoxy) is 1. The fourth-order valence-corrected chi connectivity index (χ4v) is 1.79. The number of hydrogen-bond acceptors (Lipinski definition) is 3. The number of benzene rings is 1. The maximum Gasteiger partial charge on any atom is 0.327 e. The largest absolute Gasteiger partial charge is 0.465 e. The lowest BCUT2D eigenvalue weighted by Crippen LogP contribution is -2.31. The van der Waals surface area contributed by atoms with E-state index in [1.54, 1.807) is 12.1 Å². The molecule has 1 aromatic rings. The number of rotatable bonds is 5. The first-order chi connectivity index (χ1) is 8.20. The standard InChI is InChI=1S/C13H16ClNO2/c1-2-17-13(16)12(15-11-7-8-11)9-3-5-10(14)6-4-9/h3-6,11-12,15H,2,7-8H2,1H3/t12-/m1/s1. The Balaban J connectivity index is 2.12. The predicted molar refractivity (Wildman–Crippen MR) is 67.0 cm³/mol. The van der Waals surface area contributed by atoms with Crippen LogP contribution in [0, 0.1) is 0 Å². The number of esters is 1. The number of carbonyl (C=O) groups is 1. The van der Waals surface area contributed by atoms with E-state index in [1.807, 2.05) is 19.1 Å². The van der Waals surface area contributed by atoms with Crippen LogP contribution in [-0.2, 0) is 9.53 Å². The van der Waals surface area contributed by atoms with Crippen molar-refractivity contribution in [3.8, 4) is 0 Å². The average Bonchev–Trinajstić information content (AvgIpc) is 3.11. The molecule has 3 nitrogen and oxygen atoms in total. The summed E-state index contributed by atoms with van der Waals surface area (Å²) >= 11 is 5.84. The molecule has 1 aromatic carbocycles. The van der Waals surface area contributed by atoms with Crippen LogP contribution in [0.15, 0.2) is 24.3 Å². The summed E-state index contributed by atoms with van der Waals surface area (Å²) in [6.45, 7) is 2.21. The third kappa shape index (κ3) is 3.45. The Morgan fingerprint density at radius 2 is 2.12 bits per heavy atom. The van der Waals surface area contributed by atoms with Gasteiger partial charge in [-0.3, -0.25) is 5.32 Å². The van der Waals surface area contributed by atoms with Crippen molar-refractivity contribution in [2.45, 2.75) is 31.8 Å². The molecule has 0 heterocycles. The molecule has 1 saturated carbocycles. The van der Waals surface area contributed by atoms with Gasteiger partial charge in [0.1, 0.15) is 6.04 Å². The lowest BCUT2D eigenvalue weighted by atomic mass is 10.1. The minimum Gasteiger partial charge on any atom is -0.465 e. The zero-order valence-electron chi connectivity index (χ0n) is 9.78. The van der Waals surface area contributed by atoms with Gasteiger partial charge in [-0.1, -0.05) is 23.7 Å². The van der Waals surface area contributed by atoms with Crippen molar-refractivity contribution in [1.29, 1.82) is 0 Å². The number of nitrogens with one attached hydrogen (secondary N) is 1. The molecule has 1 N–H and O–H groups in total. The summed E-state index contributed by atoms with van der Waals surface area (Å²) in [6, 6.07) is 7.37. The molecule has 1 aliphatic rings. The number of hydrogen-bond donors (Lipinski definition) is 1. The van der Waals surface area contributed by atoms with E-state index in [1.165, 1.54) is 0 Å². The summed E-state index contributed by atoms with van der Waals surface area (Å²) in [4.78, 5) is 11.9. The van der Waals surface area contributed by atoms with Gasteiger partial charge in [0.25, 0.3) is 0 Å². The average molecular weight is 254 g/mol. The van der Waals surface area contributed by atoms with Gasteiger partial charge < -0.3 is 4.74 Å². The van der Waals surface area contributed by atoms with Gasteiger partial charge in [-0.05, 0) is 37.5 Å². The summed E-state index contributed by atoms with van der Waals surface area (Å²) in [5.74, 6) is -0.221. The zero-order chi connectivity index (χ0) is 12.3. The van der Waals surface area contributed by atoms with Crippen LogP contribution in [0.4, 0.5) is 0 Å². The lowest BCUT2D eigenvalue weighted by molar-refractivity contribution is -0.145. The maximum atomic E-state index is 11.9. The Kier molecular flexibility index (Phi) is 4.02. The highest BCUT2D eigenvalue weighted by Crippen LogP contribution is 2.25. The highest BCUT2D eigenvalue weighted by atomic mass is 35.5. The molecule has 92 valence electrons. The monoisotopic (exact) mass is 253 g/mol. The summed E-state index contributed by atoms with van der Waals surface area (Å²) < 4.78 is 5.08. The van der Waals surface area contributed by atoms with Gasteiger partial charge in [0.2, 0.25) is 0 Å². The van der Waals surface area contributed by atoms with Gasteiger partial charge in [-0.2, -0.15) is 0 Å². The van der Waals surface area contributed by atoms with Crippen molar-refractivity contribution in [3.63, 3.8) is 0 Å². The summed E-state index contributed by atoms with van der Waals surface area (Å²) in [6.07, 6.45) is 2.26. The first-order valence-corrected chi connectivity index (χ1v) is 6.26. The molecule has 0 unspecified atom stereocenters. The Hall–Kier alpha value is -1.06. The van der Waals surface area contributed by atoms with Crippen LogP contribution in [0.2, 0.25) is 5.02 Å². The van der Waals surface area contributed by atoms with Crippen molar-refractivity contribution < 1.29 is 9.53 Å². The molecule has 1 fully saturated rings. The first-order valence-electron chi connectivity index (χ1n) is 5.89. The van der Waals surface area contributed by atoms with E-state index >= 15 is 0 Å². The van der Waals surface area contributed by atoms with E-state index in [0.717, 1.165) is 18.4 Å². The third-order valence-corrected chi connectivity index (χ3v) is 2.96. The summed E-state index contributed by atoms with van der Waals surface area (Å²) in [5.41, 5.74) is 0.903. The predicted octanol–water partition coefficient (Wildman–Crippen LogP) is 2.70. The molecule has 1 atom stereocenters. The SMILES string of the molecule is CCOC(=O)[C@H](NC1CC1)c1ccc(Cl)cc1.